The van der Waals surface area contributed by atoms with Gasteiger partial charge in [0.1, 0.15) is 0 Å². The highest BCUT2D eigenvalue weighted by Gasteiger charge is 2.22. The summed E-state index contributed by atoms with van der Waals surface area (Å²) in [6.07, 6.45) is 7.79. The number of aromatic nitrogens is 2. The smallest absolute Gasteiger partial charge is 0.173 e. The Labute approximate surface area is 122 Å². The third kappa shape index (κ3) is 2.02. The Morgan fingerprint density at radius 3 is 3.00 bits per heavy atom. The van der Waals surface area contributed by atoms with Crippen molar-refractivity contribution in [1.82, 2.24) is 9.38 Å². The van der Waals surface area contributed by atoms with Crippen LogP contribution in [0.15, 0.2) is 60.0 Å². The second-order valence-electron chi connectivity index (χ2n) is 5.23. The normalized spacial score (nSPS) is 18.1. The molecule has 100 valence electrons. The molecule has 0 N–H and O–H groups in total. The second-order valence-corrected chi connectivity index (χ2v) is 6.40. The molecule has 0 saturated carbocycles. The maximum absolute atomic E-state index is 4.59. The van der Waals surface area contributed by atoms with Gasteiger partial charge >= 0.3 is 0 Å². The molecule has 1 aliphatic rings. The number of nitrogens with zero attached hydrogens (tertiary/aromatic N) is 2. The molecule has 1 atom stereocenters. The molecule has 0 spiro atoms. The minimum absolute atomic E-state index is 0.533. The van der Waals surface area contributed by atoms with Crippen LogP contribution in [0.1, 0.15) is 29.2 Å². The van der Waals surface area contributed by atoms with Gasteiger partial charge in [-0.1, -0.05) is 42.1 Å². The Morgan fingerprint density at radius 1 is 1.10 bits per heavy atom. The van der Waals surface area contributed by atoms with Crippen LogP contribution >= 0.6 is 11.8 Å². The summed E-state index contributed by atoms with van der Waals surface area (Å²) >= 11 is 1.90. The zero-order valence-electron chi connectivity index (χ0n) is 11.2. The van der Waals surface area contributed by atoms with E-state index in [4.69, 9.17) is 0 Å². The van der Waals surface area contributed by atoms with E-state index in [1.54, 1.807) is 0 Å². The predicted octanol–water partition coefficient (Wildman–Crippen LogP) is 4.50. The number of thioether (sulfide) groups is 1. The number of imidazole rings is 1. The van der Waals surface area contributed by atoms with Crippen molar-refractivity contribution in [3.05, 3.63) is 66.0 Å². The van der Waals surface area contributed by atoms with E-state index in [0.29, 0.717) is 5.25 Å². The molecular formula is C17H16N2S. The first-order valence-electron chi connectivity index (χ1n) is 7.08. The summed E-state index contributed by atoms with van der Waals surface area (Å²) in [5, 5.41) is 1.63. The van der Waals surface area contributed by atoms with Gasteiger partial charge < -0.3 is 0 Å². The van der Waals surface area contributed by atoms with E-state index in [2.05, 4.69) is 58.0 Å². The maximum atomic E-state index is 4.59. The fraction of sp³-hybridized carbons (Fsp3) is 0.235. The summed E-state index contributed by atoms with van der Waals surface area (Å²) in [5.41, 5.74) is 4.17. The summed E-state index contributed by atoms with van der Waals surface area (Å²) in [6, 6.07) is 15.1. The van der Waals surface area contributed by atoms with Crippen LogP contribution in [0.5, 0.6) is 0 Å². The van der Waals surface area contributed by atoms with Crippen molar-refractivity contribution in [2.24, 2.45) is 0 Å². The van der Waals surface area contributed by atoms with Crippen LogP contribution in [0.3, 0.4) is 0 Å². The fourth-order valence-electron chi connectivity index (χ4n) is 2.97. The van der Waals surface area contributed by atoms with Gasteiger partial charge in [0.25, 0.3) is 0 Å². The van der Waals surface area contributed by atoms with Crippen molar-refractivity contribution in [3.63, 3.8) is 0 Å². The molecule has 0 unspecified atom stereocenters. The third-order valence-electron chi connectivity index (χ3n) is 3.97. The molecule has 2 nitrogen and oxygen atoms in total. The fourth-order valence-corrected chi connectivity index (χ4v) is 4.25. The first-order chi connectivity index (χ1) is 9.92. The van der Waals surface area contributed by atoms with E-state index in [-0.39, 0.29) is 0 Å². The van der Waals surface area contributed by atoms with Crippen LogP contribution in [0, 0.1) is 0 Å². The molecule has 1 aromatic carbocycles. The average Bonchev–Trinajstić information content (AvgIpc) is 2.91. The van der Waals surface area contributed by atoms with Gasteiger partial charge in [-0.2, -0.15) is 0 Å². The first-order valence-corrected chi connectivity index (χ1v) is 7.96. The number of hydrogen-bond donors (Lipinski definition) is 0. The number of rotatable bonds is 2. The Bertz CT molecular complexity index is 747. The molecule has 0 radical (unpaired) electrons. The minimum atomic E-state index is 0.533. The lowest BCUT2D eigenvalue weighted by Gasteiger charge is -2.24. The highest BCUT2D eigenvalue weighted by atomic mass is 32.2. The molecule has 2 heterocycles. The Kier molecular flexibility index (Phi) is 3.00. The van der Waals surface area contributed by atoms with Gasteiger partial charge in [0, 0.05) is 11.4 Å². The van der Waals surface area contributed by atoms with Gasteiger partial charge in [0.2, 0.25) is 0 Å². The molecule has 2 aromatic heterocycles. The third-order valence-corrected chi connectivity index (χ3v) is 5.25. The maximum Gasteiger partial charge on any atom is 0.173 e. The zero-order valence-corrected chi connectivity index (χ0v) is 12.0. The first kappa shape index (κ1) is 12.0. The van der Waals surface area contributed by atoms with Crippen LogP contribution in [0.2, 0.25) is 0 Å². The topological polar surface area (TPSA) is 17.3 Å². The van der Waals surface area contributed by atoms with E-state index in [0.717, 1.165) is 5.16 Å². The molecule has 3 heteroatoms. The number of hydrogen-bond acceptors (Lipinski definition) is 2. The Morgan fingerprint density at radius 2 is 2.00 bits per heavy atom. The number of pyridine rings is 1. The van der Waals surface area contributed by atoms with Gasteiger partial charge in [-0.05, 0) is 42.5 Å². The number of benzene rings is 1. The van der Waals surface area contributed by atoms with Crippen molar-refractivity contribution >= 4 is 17.3 Å². The van der Waals surface area contributed by atoms with Gasteiger partial charge in [-0.15, -0.1) is 0 Å². The van der Waals surface area contributed by atoms with Crippen LogP contribution in [-0.4, -0.2) is 9.38 Å². The number of aryl methyl sites for hydroxylation is 1. The molecule has 1 aliphatic carbocycles. The van der Waals surface area contributed by atoms with Crippen LogP contribution < -0.4 is 0 Å². The van der Waals surface area contributed by atoms with Gasteiger partial charge in [0.05, 0.1) is 11.7 Å². The molecule has 0 saturated heterocycles. The molecule has 3 aromatic rings. The monoisotopic (exact) mass is 280 g/mol. The standard InChI is InChI=1S/C17H16N2S/c1-2-9-15-13(6-1)7-5-10-16(15)20-17-18-12-14-8-3-4-11-19(14)17/h1-4,6,8-9,11-12,16H,5,7,10H2/t16-/m1/s1. The minimum Gasteiger partial charge on any atom is -0.295 e. The summed E-state index contributed by atoms with van der Waals surface area (Å²) < 4.78 is 2.18. The summed E-state index contributed by atoms with van der Waals surface area (Å²) in [4.78, 5) is 4.59. The SMILES string of the molecule is c1ccc2c(c1)CCC[C@H]2Sc1ncc2ccccn12. The van der Waals surface area contributed by atoms with Gasteiger partial charge in [-0.25, -0.2) is 4.98 Å². The molecule has 0 fully saturated rings. The molecule has 0 bridgehead atoms. The lowest BCUT2D eigenvalue weighted by molar-refractivity contribution is 0.671. The molecule has 4 rings (SSSR count). The average molecular weight is 280 g/mol. The lowest BCUT2D eigenvalue weighted by atomic mass is 9.91. The summed E-state index contributed by atoms with van der Waals surface area (Å²) in [6.45, 7) is 0. The summed E-state index contributed by atoms with van der Waals surface area (Å²) in [5.74, 6) is 0. The van der Waals surface area contributed by atoms with E-state index in [1.165, 1.54) is 35.9 Å². The van der Waals surface area contributed by atoms with Crippen molar-refractivity contribution < 1.29 is 0 Å². The van der Waals surface area contributed by atoms with E-state index >= 15 is 0 Å². The van der Waals surface area contributed by atoms with Crippen molar-refractivity contribution in [2.75, 3.05) is 0 Å². The summed E-state index contributed by atoms with van der Waals surface area (Å²) in [7, 11) is 0. The zero-order chi connectivity index (χ0) is 13.4. The molecular weight excluding hydrogens is 264 g/mol. The van der Waals surface area contributed by atoms with E-state index in [1.807, 2.05) is 18.0 Å². The molecule has 20 heavy (non-hydrogen) atoms. The van der Waals surface area contributed by atoms with Crippen LogP contribution in [0.25, 0.3) is 5.52 Å². The highest BCUT2D eigenvalue weighted by molar-refractivity contribution is 7.99. The lowest BCUT2D eigenvalue weighted by Crippen LogP contribution is -2.07. The van der Waals surface area contributed by atoms with Crippen LogP contribution in [-0.2, 0) is 6.42 Å². The predicted molar refractivity (Wildman–Crippen MR) is 83.2 cm³/mol. The number of fused-ring (bicyclic) bond motifs is 2. The van der Waals surface area contributed by atoms with Crippen molar-refractivity contribution in [3.8, 4) is 0 Å². The highest BCUT2D eigenvalue weighted by Crippen LogP contribution is 2.42. The van der Waals surface area contributed by atoms with Gasteiger partial charge in [0.15, 0.2) is 5.16 Å². The van der Waals surface area contributed by atoms with E-state index in [9.17, 15) is 0 Å². The quantitative estimate of drug-likeness (QED) is 0.687. The van der Waals surface area contributed by atoms with Crippen molar-refractivity contribution in [1.29, 1.82) is 0 Å². The second kappa shape index (κ2) is 4.98. The molecule has 0 amide bonds. The largest absolute Gasteiger partial charge is 0.295 e. The van der Waals surface area contributed by atoms with Crippen molar-refractivity contribution in [2.45, 2.75) is 29.7 Å². The van der Waals surface area contributed by atoms with Crippen LogP contribution in [0.4, 0.5) is 0 Å². The molecule has 0 aliphatic heterocycles. The van der Waals surface area contributed by atoms with E-state index < -0.39 is 0 Å². The Hall–Kier alpha value is -1.74. The van der Waals surface area contributed by atoms with Gasteiger partial charge in [-0.3, -0.25) is 4.40 Å². The Balaban J connectivity index is 1.70.